The molecule has 0 atom stereocenters. The van der Waals surface area contributed by atoms with Crippen molar-refractivity contribution in [3.63, 3.8) is 0 Å². The Morgan fingerprint density at radius 3 is 2.38 bits per heavy atom. The first-order valence-corrected chi connectivity index (χ1v) is 6.89. The summed E-state index contributed by atoms with van der Waals surface area (Å²) in [6.45, 7) is 2.05. The van der Waals surface area contributed by atoms with Crippen LogP contribution in [0.2, 0.25) is 0 Å². The third-order valence-electron chi connectivity index (χ3n) is 2.80. The van der Waals surface area contributed by atoms with E-state index in [4.69, 9.17) is 17.0 Å². The zero-order chi connectivity index (χ0) is 15.1. The quantitative estimate of drug-likeness (QED) is 0.516. The van der Waals surface area contributed by atoms with Gasteiger partial charge in [0.2, 0.25) is 0 Å². The van der Waals surface area contributed by atoms with Gasteiger partial charge in [0.25, 0.3) is 0 Å². The molecule has 2 aromatic rings. The first kappa shape index (κ1) is 15.0. The molecule has 0 radical (unpaired) electrons. The van der Waals surface area contributed by atoms with Crippen LogP contribution in [0.15, 0.2) is 53.6 Å². The van der Waals surface area contributed by atoms with E-state index in [1.54, 1.807) is 13.3 Å². The summed E-state index contributed by atoms with van der Waals surface area (Å²) in [5.41, 5.74) is 5.89. The molecular formula is C16H17N3OS. The van der Waals surface area contributed by atoms with Gasteiger partial charge in [0.1, 0.15) is 5.75 Å². The summed E-state index contributed by atoms with van der Waals surface area (Å²) >= 11 is 5.17. The average Bonchev–Trinajstić information content (AvgIpc) is 2.50. The molecule has 21 heavy (non-hydrogen) atoms. The normalized spacial score (nSPS) is 10.4. The van der Waals surface area contributed by atoms with E-state index in [2.05, 4.69) is 15.8 Å². The molecule has 0 aliphatic carbocycles. The summed E-state index contributed by atoms with van der Waals surface area (Å²) < 4.78 is 5.10. The molecule has 0 fully saturated rings. The lowest BCUT2D eigenvalue weighted by molar-refractivity contribution is 0.415. The third-order valence-corrected chi connectivity index (χ3v) is 3.00. The third kappa shape index (κ3) is 4.89. The number of aryl methyl sites for hydroxylation is 1. The number of ether oxygens (including phenoxy) is 1. The molecule has 0 bridgehead atoms. The van der Waals surface area contributed by atoms with E-state index in [-0.39, 0.29) is 0 Å². The maximum absolute atomic E-state index is 5.17. The summed E-state index contributed by atoms with van der Waals surface area (Å²) in [5, 5.41) is 7.57. The minimum absolute atomic E-state index is 0.434. The Kier molecular flexibility index (Phi) is 5.29. The smallest absolute Gasteiger partial charge is 0.191 e. The standard InChI is InChI=1S/C16H17N3OS/c1-12-3-5-13(6-4-12)11-17-19-16(21)18-14-7-9-15(20-2)10-8-14/h3-11H,1-2H3,(H2,18,19,21)/b17-11+. The van der Waals surface area contributed by atoms with Crippen LogP contribution in [0.5, 0.6) is 5.75 Å². The fraction of sp³-hybridized carbons (Fsp3) is 0.125. The van der Waals surface area contributed by atoms with Crippen molar-refractivity contribution < 1.29 is 4.74 Å². The molecule has 0 spiro atoms. The van der Waals surface area contributed by atoms with Crippen LogP contribution in [0.3, 0.4) is 0 Å². The number of hydrogen-bond donors (Lipinski definition) is 2. The number of hydrazone groups is 1. The van der Waals surface area contributed by atoms with Gasteiger partial charge in [-0.2, -0.15) is 5.10 Å². The Morgan fingerprint density at radius 2 is 1.76 bits per heavy atom. The van der Waals surface area contributed by atoms with Gasteiger partial charge in [0, 0.05) is 5.69 Å². The van der Waals surface area contributed by atoms with Gasteiger partial charge < -0.3 is 10.1 Å². The Hall–Kier alpha value is -2.40. The number of benzene rings is 2. The zero-order valence-corrected chi connectivity index (χ0v) is 12.8. The van der Waals surface area contributed by atoms with Gasteiger partial charge in [-0.15, -0.1) is 0 Å². The fourth-order valence-corrected chi connectivity index (χ4v) is 1.82. The van der Waals surface area contributed by atoms with Gasteiger partial charge in [-0.25, -0.2) is 0 Å². The van der Waals surface area contributed by atoms with E-state index in [1.165, 1.54) is 5.56 Å². The molecule has 0 aromatic heterocycles. The zero-order valence-electron chi connectivity index (χ0n) is 12.0. The summed E-state index contributed by atoms with van der Waals surface area (Å²) in [6, 6.07) is 15.6. The predicted octanol–water partition coefficient (Wildman–Crippen LogP) is 3.32. The van der Waals surface area contributed by atoms with Crippen molar-refractivity contribution in [1.29, 1.82) is 0 Å². The van der Waals surface area contributed by atoms with Gasteiger partial charge >= 0.3 is 0 Å². The fourth-order valence-electron chi connectivity index (χ4n) is 1.65. The maximum Gasteiger partial charge on any atom is 0.191 e. The number of nitrogens with one attached hydrogen (secondary N) is 2. The van der Waals surface area contributed by atoms with Crippen molar-refractivity contribution in [2.75, 3.05) is 12.4 Å². The molecule has 2 rings (SSSR count). The second-order valence-electron chi connectivity index (χ2n) is 4.46. The van der Waals surface area contributed by atoms with Gasteiger partial charge in [-0.05, 0) is 49.0 Å². The van der Waals surface area contributed by atoms with E-state index >= 15 is 0 Å². The molecule has 108 valence electrons. The van der Waals surface area contributed by atoms with E-state index < -0.39 is 0 Å². The van der Waals surface area contributed by atoms with Gasteiger partial charge in [-0.1, -0.05) is 29.8 Å². The second kappa shape index (κ2) is 7.40. The lowest BCUT2D eigenvalue weighted by atomic mass is 10.2. The molecule has 2 N–H and O–H groups in total. The lowest BCUT2D eigenvalue weighted by Gasteiger charge is -2.07. The SMILES string of the molecule is COc1ccc(NC(=S)N/N=C/c2ccc(C)cc2)cc1. The minimum atomic E-state index is 0.434. The Bertz CT molecular complexity index is 621. The van der Waals surface area contributed by atoms with Crippen LogP contribution in [0, 0.1) is 6.92 Å². The molecule has 0 saturated heterocycles. The van der Waals surface area contributed by atoms with Crippen molar-refractivity contribution in [2.45, 2.75) is 6.92 Å². The Morgan fingerprint density at radius 1 is 1.10 bits per heavy atom. The lowest BCUT2D eigenvalue weighted by Crippen LogP contribution is -2.23. The van der Waals surface area contributed by atoms with Crippen LogP contribution in [0.4, 0.5) is 5.69 Å². The molecule has 5 heteroatoms. The number of thiocarbonyl (C=S) groups is 1. The van der Waals surface area contributed by atoms with E-state index in [0.717, 1.165) is 17.0 Å². The first-order valence-electron chi connectivity index (χ1n) is 6.48. The number of methoxy groups -OCH3 is 1. The molecule has 0 aliphatic heterocycles. The number of anilines is 1. The largest absolute Gasteiger partial charge is 0.497 e. The van der Waals surface area contributed by atoms with E-state index in [1.807, 2.05) is 55.5 Å². The highest BCUT2D eigenvalue weighted by atomic mass is 32.1. The van der Waals surface area contributed by atoms with Crippen LogP contribution >= 0.6 is 12.2 Å². The summed E-state index contributed by atoms with van der Waals surface area (Å²) in [7, 11) is 1.63. The molecule has 0 saturated carbocycles. The first-order chi connectivity index (χ1) is 10.2. The molecule has 0 aliphatic rings. The van der Waals surface area contributed by atoms with Crippen molar-refractivity contribution in [2.24, 2.45) is 5.10 Å². The van der Waals surface area contributed by atoms with Crippen molar-refractivity contribution in [1.82, 2.24) is 5.43 Å². The second-order valence-corrected chi connectivity index (χ2v) is 4.87. The number of rotatable bonds is 4. The summed E-state index contributed by atoms with van der Waals surface area (Å²) in [5.74, 6) is 0.803. The average molecular weight is 299 g/mol. The minimum Gasteiger partial charge on any atom is -0.497 e. The van der Waals surface area contributed by atoms with Crippen LogP contribution in [0.1, 0.15) is 11.1 Å². The summed E-state index contributed by atoms with van der Waals surface area (Å²) in [4.78, 5) is 0. The highest BCUT2D eigenvalue weighted by molar-refractivity contribution is 7.80. The van der Waals surface area contributed by atoms with Gasteiger partial charge in [0.15, 0.2) is 5.11 Å². The molecule has 0 unspecified atom stereocenters. The van der Waals surface area contributed by atoms with Crippen molar-refractivity contribution in [3.8, 4) is 5.75 Å². The number of nitrogens with zero attached hydrogens (tertiary/aromatic N) is 1. The highest BCUT2D eigenvalue weighted by Gasteiger charge is 1.96. The van der Waals surface area contributed by atoms with Crippen LogP contribution in [-0.2, 0) is 0 Å². The topological polar surface area (TPSA) is 45.6 Å². The molecule has 4 nitrogen and oxygen atoms in total. The Labute approximate surface area is 129 Å². The molecule has 0 heterocycles. The molecular weight excluding hydrogens is 282 g/mol. The predicted molar refractivity (Wildman–Crippen MR) is 91.1 cm³/mol. The number of hydrogen-bond acceptors (Lipinski definition) is 3. The van der Waals surface area contributed by atoms with Gasteiger partial charge in [0.05, 0.1) is 13.3 Å². The monoisotopic (exact) mass is 299 g/mol. The highest BCUT2D eigenvalue weighted by Crippen LogP contribution is 2.14. The molecule has 2 aromatic carbocycles. The maximum atomic E-state index is 5.17. The Balaban J connectivity index is 1.85. The van der Waals surface area contributed by atoms with Crippen molar-refractivity contribution in [3.05, 3.63) is 59.7 Å². The van der Waals surface area contributed by atoms with E-state index in [9.17, 15) is 0 Å². The van der Waals surface area contributed by atoms with Crippen LogP contribution in [0.25, 0.3) is 0 Å². The molecule has 0 amide bonds. The van der Waals surface area contributed by atoms with Gasteiger partial charge in [-0.3, -0.25) is 5.43 Å². The van der Waals surface area contributed by atoms with Crippen LogP contribution < -0.4 is 15.5 Å². The van der Waals surface area contributed by atoms with Crippen LogP contribution in [-0.4, -0.2) is 18.4 Å². The summed E-state index contributed by atoms with van der Waals surface area (Å²) in [6.07, 6.45) is 1.72. The van der Waals surface area contributed by atoms with E-state index in [0.29, 0.717) is 5.11 Å². The van der Waals surface area contributed by atoms with Crippen molar-refractivity contribution >= 4 is 29.2 Å².